The molecule has 1 aromatic heterocycles. The van der Waals surface area contributed by atoms with E-state index in [2.05, 4.69) is 29.4 Å². The first-order chi connectivity index (χ1) is 15.0. The largest absolute Gasteiger partial charge is 0.376 e. The van der Waals surface area contributed by atoms with Crippen molar-refractivity contribution in [3.8, 4) is 0 Å². The first-order valence-corrected chi connectivity index (χ1v) is 11.3. The fourth-order valence-electron chi connectivity index (χ4n) is 4.03. The van der Waals surface area contributed by atoms with E-state index < -0.39 is 0 Å². The van der Waals surface area contributed by atoms with Gasteiger partial charge in [-0.05, 0) is 73.1 Å². The summed E-state index contributed by atoms with van der Waals surface area (Å²) in [5.41, 5.74) is 4.80. The highest BCUT2D eigenvalue weighted by atomic mass is 32.1. The van der Waals surface area contributed by atoms with Crippen molar-refractivity contribution in [3.63, 3.8) is 0 Å². The van der Waals surface area contributed by atoms with Crippen LogP contribution in [0, 0.1) is 6.92 Å². The fraction of sp³-hybridized carbons (Fsp3) is 0.360. The standard InChI is InChI=1S/C25H29N3O2S/c1-3-18-9-11-21(12-10-18)26-25(31)28(16-22-8-5-13-30-22)15-20-14-19-7-4-6-17(2)23(19)27-24(20)29/h4,6-7,9-12,14,22H,3,5,8,13,15-16H2,1-2H3,(H,26,31)(H,27,29)/t22-/m1/s1. The monoisotopic (exact) mass is 435 g/mol. The van der Waals surface area contributed by atoms with Gasteiger partial charge in [-0.15, -0.1) is 0 Å². The van der Waals surface area contributed by atoms with Gasteiger partial charge in [0.05, 0.1) is 18.2 Å². The predicted molar refractivity (Wildman–Crippen MR) is 131 cm³/mol. The molecule has 0 unspecified atom stereocenters. The number of pyridine rings is 1. The molecule has 162 valence electrons. The lowest BCUT2D eigenvalue weighted by Crippen LogP contribution is -2.40. The molecule has 0 amide bonds. The van der Waals surface area contributed by atoms with E-state index >= 15 is 0 Å². The Bertz CT molecular complexity index is 1120. The molecule has 1 saturated heterocycles. The predicted octanol–water partition coefficient (Wildman–Crippen LogP) is 4.78. The molecule has 1 aliphatic heterocycles. The minimum absolute atomic E-state index is 0.0748. The van der Waals surface area contributed by atoms with Crippen molar-refractivity contribution in [2.75, 3.05) is 18.5 Å². The second kappa shape index (κ2) is 9.62. The van der Waals surface area contributed by atoms with Crippen LogP contribution in [0.5, 0.6) is 0 Å². The number of hydrogen-bond acceptors (Lipinski definition) is 3. The lowest BCUT2D eigenvalue weighted by Gasteiger charge is -2.28. The van der Waals surface area contributed by atoms with Crippen LogP contribution in [-0.4, -0.2) is 34.3 Å². The molecular weight excluding hydrogens is 406 g/mol. The third kappa shape index (κ3) is 5.14. The lowest BCUT2D eigenvalue weighted by molar-refractivity contribution is 0.0904. The van der Waals surface area contributed by atoms with Gasteiger partial charge in [-0.2, -0.15) is 0 Å². The van der Waals surface area contributed by atoms with E-state index in [1.54, 1.807) is 0 Å². The molecule has 0 spiro atoms. The highest BCUT2D eigenvalue weighted by Crippen LogP contribution is 2.19. The number of hydrogen-bond donors (Lipinski definition) is 2. The number of aromatic nitrogens is 1. The number of ether oxygens (including phenoxy) is 1. The second-order valence-electron chi connectivity index (χ2n) is 8.16. The number of para-hydroxylation sites is 1. The van der Waals surface area contributed by atoms with Crippen LogP contribution in [0.1, 0.15) is 36.5 Å². The summed E-state index contributed by atoms with van der Waals surface area (Å²) in [7, 11) is 0. The summed E-state index contributed by atoms with van der Waals surface area (Å²) in [4.78, 5) is 17.9. The van der Waals surface area contributed by atoms with Crippen molar-refractivity contribution in [2.24, 2.45) is 0 Å². The molecule has 3 aromatic rings. The Labute approximate surface area is 188 Å². The van der Waals surface area contributed by atoms with Gasteiger partial charge in [-0.25, -0.2) is 0 Å². The summed E-state index contributed by atoms with van der Waals surface area (Å²) in [6.07, 6.45) is 3.20. The molecule has 0 saturated carbocycles. The Hall–Kier alpha value is -2.70. The molecule has 0 bridgehead atoms. The maximum absolute atomic E-state index is 12.8. The van der Waals surface area contributed by atoms with Gasteiger partial charge in [0.15, 0.2) is 5.11 Å². The zero-order chi connectivity index (χ0) is 21.8. The Morgan fingerprint density at radius 2 is 2.06 bits per heavy atom. The minimum Gasteiger partial charge on any atom is -0.376 e. The average Bonchev–Trinajstić information content (AvgIpc) is 3.28. The van der Waals surface area contributed by atoms with Gasteiger partial charge >= 0.3 is 0 Å². The summed E-state index contributed by atoms with van der Waals surface area (Å²) >= 11 is 5.76. The van der Waals surface area contributed by atoms with Crippen LogP contribution in [0.2, 0.25) is 0 Å². The molecule has 1 aliphatic rings. The third-order valence-electron chi connectivity index (χ3n) is 5.87. The van der Waals surface area contributed by atoms with Crippen molar-refractivity contribution in [2.45, 2.75) is 45.8 Å². The van der Waals surface area contributed by atoms with Crippen LogP contribution < -0.4 is 10.9 Å². The zero-order valence-corrected chi connectivity index (χ0v) is 18.9. The number of aromatic amines is 1. The summed E-state index contributed by atoms with van der Waals surface area (Å²) < 4.78 is 5.85. The molecule has 4 rings (SSSR count). The zero-order valence-electron chi connectivity index (χ0n) is 18.1. The molecule has 0 radical (unpaired) electrons. The fourth-order valence-corrected chi connectivity index (χ4v) is 4.29. The van der Waals surface area contributed by atoms with E-state index in [4.69, 9.17) is 17.0 Å². The summed E-state index contributed by atoms with van der Waals surface area (Å²) in [6, 6.07) is 16.3. The maximum atomic E-state index is 12.8. The number of rotatable bonds is 6. The summed E-state index contributed by atoms with van der Waals surface area (Å²) in [5.74, 6) is 0. The number of aryl methyl sites for hydroxylation is 2. The quantitative estimate of drug-likeness (QED) is 0.546. The molecule has 2 heterocycles. The van der Waals surface area contributed by atoms with Crippen LogP contribution in [0.3, 0.4) is 0 Å². The van der Waals surface area contributed by atoms with E-state index in [1.807, 2.05) is 48.2 Å². The molecule has 1 atom stereocenters. The van der Waals surface area contributed by atoms with Crippen LogP contribution in [0.4, 0.5) is 5.69 Å². The molecule has 5 nitrogen and oxygen atoms in total. The van der Waals surface area contributed by atoms with Crippen molar-refractivity contribution in [3.05, 3.63) is 75.6 Å². The molecule has 0 aliphatic carbocycles. The van der Waals surface area contributed by atoms with E-state index in [-0.39, 0.29) is 11.7 Å². The molecule has 2 aromatic carbocycles. The van der Waals surface area contributed by atoms with E-state index in [1.165, 1.54) is 5.56 Å². The van der Waals surface area contributed by atoms with Gasteiger partial charge in [0.25, 0.3) is 5.56 Å². The topological polar surface area (TPSA) is 57.4 Å². The summed E-state index contributed by atoms with van der Waals surface area (Å²) in [6.45, 7) is 6.01. The smallest absolute Gasteiger partial charge is 0.253 e. The Morgan fingerprint density at radius 3 is 2.77 bits per heavy atom. The number of H-pyrrole nitrogens is 1. The van der Waals surface area contributed by atoms with Gasteiger partial charge in [-0.3, -0.25) is 4.79 Å². The first-order valence-electron chi connectivity index (χ1n) is 10.9. The van der Waals surface area contributed by atoms with Crippen molar-refractivity contribution < 1.29 is 4.74 Å². The van der Waals surface area contributed by atoms with Crippen molar-refractivity contribution >= 4 is 33.9 Å². The molecular formula is C25H29N3O2S. The second-order valence-corrected chi connectivity index (χ2v) is 8.55. The number of benzene rings is 2. The normalized spacial score (nSPS) is 15.9. The lowest BCUT2D eigenvalue weighted by atomic mass is 10.1. The van der Waals surface area contributed by atoms with Crippen LogP contribution in [-0.2, 0) is 17.7 Å². The number of fused-ring (bicyclic) bond motifs is 1. The average molecular weight is 436 g/mol. The van der Waals surface area contributed by atoms with Gasteiger partial charge in [0.1, 0.15) is 0 Å². The van der Waals surface area contributed by atoms with E-state index in [0.29, 0.717) is 23.8 Å². The van der Waals surface area contributed by atoms with Gasteiger partial charge in [-0.1, -0.05) is 37.3 Å². The Balaban J connectivity index is 1.58. The number of thiocarbonyl (C=S) groups is 1. The molecule has 2 N–H and O–H groups in total. The van der Waals surface area contributed by atoms with Gasteiger partial charge in [0.2, 0.25) is 0 Å². The molecule has 6 heteroatoms. The van der Waals surface area contributed by atoms with Crippen molar-refractivity contribution in [1.82, 2.24) is 9.88 Å². The van der Waals surface area contributed by atoms with Crippen molar-refractivity contribution in [1.29, 1.82) is 0 Å². The third-order valence-corrected chi connectivity index (χ3v) is 6.24. The number of nitrogens with zero attached hydrogens (tertiary/aromatic N) is 1. The maximum Gasteiger partial charge on any atom is 0.253 e. The number of anilines is 1. The SMILES string of the molecule is CCc1ccc(NC(=S)N(Cc2cc3cccc(C)c3[nH]c2=O)C[C@H]2CCCO2)cc1. The molecule has 31 heavy (non-hydrogen) atoms. The number of nitrogens with one attached hydrogen (secondary N) is 2. The molecule has 1 fully saturated rings. The van der Waals surface area contributed by atoms with Crippen LogP contribution in [0.25, 0.3) is 10.9 Å². The highest BCUT2D eigenvalue weighted by Gasteiger charge is 2.22. The first kappa shape index (κ1) is 21.5. The van der Waals surface area contributed by atoms with Crippen LogP contribution >= 0.6 is 12.2 Å². The highest BCUT2D eigenvalue weighted by molar-refractivity contribution is 7.80. The Morgan fingerprint density at radius 1 is 1.26 bits per heavy atom. The minimum atomic E-state index is -0.0748. The van der Waals surface area contributed by atoms with Crippen LogP contribution in [0.15, 0.2) is 53.3 Å². The van der Waals surface area contributed by atoms with E-state index in [0.717, 1.165) is 48.0 Å². The summed E-state index contributed by atoms with van der Waals surface area (Å²) in [5, 5.41) is 4.97. The van der Waals surface area contributed by atoms with E-state index in [9.17, 15) is 4.79 Å². The van der Waals surface area contributed by atoms with Gasteiger partial charge < -0.3 is 19.9 Å². The van der Waals surface area contributed by atoms with Gasteiger partial charge in [0, 0.05) is 24.4 Å². The Kier molecular flexibility index (Phi) is 6.68.